The molecule has 1 amide bonds. The normalized spacial score (nSPS) is 22.8. The zero-order chi connectivity index (χ0) is 16.4. The molecule has 124 valence electrons. The number of carbonyl (C=O) groups excluding carboxylic acids is 1. The van der Waals surface area contributed by atoms with E-state index in [9.17, 15) is 4.79 Å². The molecule has 2 atom stereocenters. The number of fused-ring (bicyclic) bond motifs is 1. The SMILES string of the molecule is O=C(Nc1cccc2c1CCCC2)C1CC(c2ccccn2)NN1. The minimum Gasteiger partial charge on any atom is -0.324 e. The van der Waals surface area contributed by atoms with Gasteiger partial charge in [-0.3, -0.25) is 9.78 Å². The van der Waals surface area contributed by atoms with Gasteiger partial charge in [0.25, 0.3) is 0 Å². The van der Waals surface area contributed by atoms with Gasteiger partial charge in [-0.1, -0.05) is 18.2 Å². The topological polar surface area (TPSA) is 66.0 Å². The Morgan fingerprint density at radius 2 is 2.00 bits per heavy atom. The lowest BCUT2D eigenvalue weighted by Gasteiger charge is -2.20. The van der Waals surface area contributed by atoms with E-state index in [0.717, 1.165) is 24.2 Å². The van der Waals surface area contributed by atoms with E-state index in [1.165, 1.54) is 24.0 Å². The first-order valence-electron chi connectivity index (χ1n) is 8.65. The highest BCUT2D eigenvalue weighted by Gasteiger charge is 2.31. The molecule has 1 aliphatic heterocycles. The highest BCUT2D eigenvalue weighted by molar-refractivity contribution is 5.95. The first kappa shape index (κ1) is 15.3. The van der Waals surface area contributed by atoms with Gasteiger partial charge in [-0.2, -0.15) is 0 Å². The number of carbonyl (C=O) groups is 1. The molecule has 1 aliphatic carbocycles. The summed E-state index contributed by atoms with van der Waals surface area (Å²) in [7, 11) is 0. The van der Waals surface area contributed by atoms with E-state index in [1.54, 1.807) is 6.20 Å². The minimum absolute atomic E-state index is 0.0138. The van der Waals surface area contributed by atoms with Crippen molar-refractivity contribution in [3.8, 4) is 0 Å². The van der Waals surface area contributed by atoms with Gasteiger partial charge >= 0.3 is 0 Å². The van der Waals surface area contributed by atoms with Gasteiger partial charge in [0.15, 0.2) is 0 Å². The van der Waals surface area contributed by atoms with Crippen LogP contribution >= 0.6 is 0 Å². The maximum absolute atomic E-state index is 12.6. The third-order valence-electron chi connectivity index (χ3n) is 4.92. The minimum atomic E-state index is -0.253. The maximum atomic E-state index is 12.6. The Morgan fingerprint density at radius 3 is 2.88 bits per heavy atom. The molecule has 0 radical (unpaired) electrons. The number of pyridine rings is 1. The Hall–Kier alpha value is -2.24. The van der Waals surface area contributed by atoms with Crippen LogP contribution in [0.2, 0.25) is 0 Å². The van der Waals surface area contributed by atoms with Crippen LogP contribution in [0, 0.1) is 0 Å². The number of hydrazine groups is 1. The van der Waals surface area contributed by atoms with Crippen molar-refractivity contribution in [2.75, 3.05) is 5.32 Å². The monoisotopic (exact) mass is 322 g/mol. The van der Waals surface area contributed by atoms with Gasteiger partial charge in [-0.25, -0.2) is 10.9 Å². The van der Waals surface area contributed by atoms with E-state index in [1.807, 2.05) is 30.3 Å². The van der Waals surface area contributed by atoms with Crippen LogP contribution in [-0.4, -0.2) is 16.9 Å². The molecule has 2 aliphatic rings. The van der Waals surface area contributed by atoms with Gasteiger partial charge < -0.3 is 5.32 Å². The number of anilines is 1. The Bertz CT molecular complexity index is 731. The molecule has 3 N–H and O–H groups in total. The molecule has 1 saturated heterocycles. The molecule has 0 saturated carbocycles. The zero-order valence-corrected chi connectivity index (χ0v) is 13.6. The second kappa shape index (κ2) is 6.71. The quantitative estimate of drug-likeness (QED) is 0.812. The number of aryl methyl sites for hydroxylation is 1. The van der Waals surface area contributed by atoms with Gasteiger partial charge in [-0.15, -0.1) is 0 Å². The summed E-state index contributed by atoms with van der Waals surface area (Å²) in [5, 5.41) is 3.12. The molecular formula is C19H22N4O. The third kappa shape index (κ3) is 3.05. The summed E-state index contributed by atoms with van der Waals surface area (Å²) in [6.07, 6.45) is 7.08. The highest BCUT2D eigenvalue weighted by Crippen LogP contribution is 2.28. The van der Waals surface area contributed by atoms with Gasteiger partial charge in [-0.05, 0) is 61.4 Å². The average molecular weight is 322 g/mol. The smallest absolute Gasteiger partial charge is 0.242 e. The van der Waals surface area contributed by atoms with Crippen LogP contribution in [0.3, 0.4) is 0 Å². The van der Waals surface area contributed by atoms with Crippen LogP contribution in [0.25, 0.3) is 0 Å². The fourth-order valence-corrected chi connectivity index (χ4v) is 3.62. The van der Waals surface area contributed by atoms with Crippen molar-refractivity contribution >= 4 is 11.6 Å². The van der Waals surface area contributed by atoms with Crippen molar-refractivity contribution in [1.82, 2.24) is 15.8 Å². The number of hydrogen-bond acceptors (Lipinski definition) is 4. The highest BCUT2D eigenvalue weighted by atomic mass is 16.2. The first-order valence-corrected chi connectivity index (χ1v) is 8.65. The maximum Gasteiger partial charge on any atom is 0.242 e. The molecule has 0 spiro atoms. The summed E-state index contributed by atoms with van der Waals surface area (Å²) in [6.45, 7) is 0. The van der Waals surface area contributed by atoms with Crippen LogP contribution < -0.4 is 16.2 Å². The summed E-state index contributed by atoms with van der Waals surface area (Å²) < 4.78 is 0. The molecule has 2 aromatic rings. The van der Waals surface area contributed by atoms with Crippen molar-refractivity contribution in [3.05, 3.63) is 59.4 Å². The molecule has 1 aromatic heterocycles. The van der Waals surface area contributed by atoms with Crippen molar-refractivity contribution in [1.29, 1.82) is 0 Å². The average Bonchev–Trinajstić information content (AvgIpc) is 3.13. The molecule has 0 bridgehead atoms. The standard InChI is InChI=1S/C19H22N4O/c24-19(18-12-17(22-23-18)16-9-3-4-11-20-16)21-15-10-5-7-13-6-1-2-8-14(13)15/h3-5,7,9-11,17-18,22-23H,1-2,6,8,12H2,(H,21,24). The lowest BCUT2D eigenvalue weighted by atomic mass is 9.90. The summed E-state index contributed by atoms with van der Waals surface area (Å²) in [4.78, 5) is 17.0. The number of nitrogens with one attached hydrogen (secondary N) is 3. The number of benzene rings is 1. The number of aromatic nitrogens is 1. The Balaban J connectivity index is 1.44. The number of hydrogen-bond donors (Lipinski definition) is 3. The second-order valence-electron chi connectivity index (χ2n) is 6.52. The summed E-state index contributed by atoms with van der Waals surface area (Å²) in [5.74, 6) is 0.0138. The van der Waals surface area contributed by atoms with Crippen LogP contribution in [0.4, 0.5) is 5.69 Å². The largest absolute Gasteiger partial charge is 0.324 e. The number of rotatable bonds is 3. The molecular weight excluding hydrogens is 300 g/mol. The predicted molar refractivity (Wildman–Crippen MR) is 93.4 cm³/mol. The summed E-state index contributed by atoms with van der Waals surface area (Å²) in [6, 6.07) is 11.9. The fraction of sp³-hybridized carbons (Fsp3) is 0.368. The van der Waals surface area contributed by atoms with E-state index >= 15 is 0 Å². The molecule has 4 rings (SSSR count). The van der Waals surface area contributed by atoms with Gasteiger partial charge in [0.05, 0.1) is 11.7 Å². The first-order chi connectivity index (χ1) is 11.8. The predicted octanol–water partition coefficient (Wildman–Crippen LogP) is 2.51. The van der Waals surface area contributed by atoms with Crippen LogP contribution in [0.1, 0.15) is 42.1 Å². The molecule has 5 nitrogen and oxygen atoms in total. The van der Waals surface area contributed by atoms with Crippen LogP contribution in [0.15, 0.2) is 42.6 Å². The Morgan fingerprint density at radius 1 is 1.08 bits per heavy atom. The molecule has 2 unspecified atom stereocenters. The third-order valence-corrected chi connectivity index (χ3v) is 4.92. The lowest BCUT2D eigenvalue weighted by Crippen LogP contribution is -2.39. The van der Waals surface area contributed by atoms with Gasteiger partial charge in [0, 0.05) is 11.9 Å². The van der Waals surface area contributed by atoms with E-state index in [0.29, 0.717) is 6.42 Å². The van der Waals surface area contributed by atoms with Crippen molar-refractivity contribution in [2.24, 2.45) is 0 Å². The van der Waals surface area contributed by atoms with E-state index in [4.69, 9.17) is 0 Å². The zero-order valence-electron chi connectivity index (χ0n) is 13.6. The molecule has 2 heterocycles. The van der Waals surface area contributed by atoms with Crippen molar-refractivity contribution in [3.63, 3.8) is 0 Å². The molecule has 1 fully saturated rings. The van der Waals surface area contributed by atoms with E-state index in [-0.39, 0.29) is 18.0 Å². The van der Waals surface area contributed by atoms with E-state index in [2.05, 4.69) is 27.2 Å². The molecule has 1 aromatic carbocycles. The lowest BCUT2D eigenvalue weighted by molar-refractivity contribution is -0.117. The fourth-order valence-electron chi connectivity index (χ4n) is 3.62. The Kier molecular flexibility index (Phi) is 4.28. The number of nitrogens with zero attached hydrogens (tertiary/aromatic N) is 1. The van der Waals surface area contributed by atoms with E-state index < -0.39 is 0 Å². The van der Waals surface area contributed by atoms with Gasteiger partial charge in [0.2, 0.25) is 5.91 Å². The van der Waals surface area contributed by atoms with Crippen LogP contribution in [-0.2, 0) is 17.6 Å². The second-order valence-corrected chi connectivity index (χ2v) is 6.52. The summed E-state index contributed by atoms with van der Waals surface area (Å²) in [5.41, 5.74) is 10.9. The number of amides is 1. The van der Waals surface area contributed by atoms with Gasteiger partial charge in [0.1, 0.15) is 6.04 Å². The summed E-state index contributed by atoms with van der Waals surface area (Å²) >= 11 is 0. The Labute approximate surface area is 141 Å². The molecule has 5 heteroatoms. The van der Waals surface area contributed by atoms with Crippen LogP contribution in [0.5, 0.6) is 0 Å². The molecule has 24 heavy (non-hydrogen) atoms. The van der Waals surface area contributed by atoms with Crippen molar-refractivity contribution < 1.29 is 4.79 Å². The van der Waals surface area contributed by atoms with Crippen molar-refractivity contribution in [2.45, 2.75) is 44.2 Å².